The highest BCUT2D eigenvalue weighted by Crippen LogP contribution is 2.31. The summed E-state index contributed by atoms with van der Waals surface area (Å²) in [7, 11) is 0. The maximum atomic E-state index is 10.4. The van der Waals surface area contributed by atoms with Crippen LogP contribution in [0.15, 0.2) is 68.1 Å². The third-order valence-electron chi connectivity index (χ3n) is 2.28. The molecule has 4 heteroatoms. The Kier molecular flexibility index (Phi) is 5.23. The van der Waals surface area contributed by atoms with Crippen molar-refractivity contribution in [2.45, 2.75) is 19.6 Å². The highest BCUT2D eigenvalue weighted by molar-refractivity contribution is 8.11. The zero-order valence-electron chi connectivity index (χ0n) is 9.83. The number of carbonyl (C=O) groups is 1. The summed E-state index contributed by atoms with van der Waals surface area (Å²) in [5, 5.41) is 0. The van der Waals surface area contributed by atoms with Gasteiger partial charge in [-0.2, -0.15) is 0 Å². The van der Waals surface area contributed by atoms with E-state index < -0.39 is 0 Å². The second kappa shape index (κ2) is 6.92. The van der Waals surface area contributed by atoms with E-state index in [1.165, 1.54) is 26.4 Å². The molecule has 0 amide bonds. The first-order valence-corrected chi connectivity index (χ1v) is 8.26. The number of carbonyl (C=O) groups excluding carboxylic acids is 1. The number of rotatable bonds is 5. The first-order chi connectivity index (χ1) is 8.81. The van der Waals surface area contributed by atoms with E-state index in [0.29, 0.717) is 0 Å². The zero-order valence-corrected chi connectivity index (χ0v) is 12.3. The zero-order chi connectivity index (χ0) is 12.8. The molecule has 2 rings (SSSR count). The summed E-state index contributed by atoms with van der Waals surface area (Å²) in [5.74, 6) is 0. The topological polar surface area (TPSA) is 17.1 Å². The number of hydrogen-bond donors (Lipinski definition) is 0. The molecule has 0 heterocycles. The molecule has 0 saturated carbocycles. The molecule has 0 atom stereocenters. The summed E-state index contributed by atoms with van der Waals surface area (Å²) in [6, 6.07) is 16.5. The molecule has 0 bridgehead atoms. The Labute approximate surface area is 120 Å². The van der Waals surface area contributed by atoms with E-state index >= 15 is 0 Å². The van der Waals surface area contributed by atoms with Crippen molar-refractivity contribution in [1.82, 2.24) is 0 Å². The molecule has 0 aromatic heterocycles. The molecule has 0 fully saturated rings. The van der Waals surface area contributed by atoms with Crippen molar-refractivity contribution in [3.8, 4) is 0 Å². The van der Waals surface area contributed by atoms with Crippen LogP contribution < -0.4 is 0 Å². The van der Waals surface area contributed by atoms with E-state index in [1.807, 2.05) is 24.3 Å². The minimum atomic E-state index is 0.851. The van der Waals surface area contributed by atoms with Crippen molar-refractivity contribution in [3.63, 3.8) is 0 Å². The van der Waals surface area contributed by atoms with Gasteiger partial charge in [0.2, 0.25) is 0 Å². The average molecular weight is 292 g/mol. The van der Waals surface area contributed by atoms with Crippen molar-refractivity contribution >= 4 is 40.9 Å². The van der Waals surface area contributed by atoms with E-state index in [0.717, 1.165) is 10.5 Å². The molecule has 0 N–H and O–H groups in total. The smallest absolute Gasteiger partial charge is 0.180 e. The van der Waals surface area contributed by atoms with Gasteiger partial charge in [-0.25, -0.2) is 0 Å². The Balaban J connectivity index is 2.10. The Bertz CT molecular complexity index is 523. The molecule has 1 nitrogen and oxygen atoms in total. The summed E-state index contributed by atoms with van der Waals surface area (Å²) in [6.07, 6.45) is 2.08. The maximum absolute atomic E-state index is 10.4. The standard InChI is InChI=1S/C14H12OS3/c1-16-13-3-2-4-14(9-13)18-12-7-5-11(6-8-12)17-10-15/h2-10H,1H3. The van der Waals surface area contributed by atoms with Crippen LogP contribution in [0.3, 0.4) is 0 Å². The molecule has 18 heavy (non-hydrogen) atoms. The largest absolute Gasteiger partial charge is 0.291 e. The van der Waals surface area contributed by atoms with Crippen LogP contribution in [0, 0.1) is 0 Å². The molecule has 2 aromatic carbocycles. The average Bonchev–Trinajstić information content (AvgIpc) is 2.42. The molecular formula is C14H12OS3. The minimum Gasteiger partial charge on any atom is -0.291 e. The van der Waals surface area contributed by atoms with Gasteiger partial charge in [0, 0.05) is 19.6 Å². The fourth-order valence-corrected chi connectivity index (χ4v) is 3.26. The lowest BCUT2D eigenvalue weighted by atomic mass is 10.4. The van der Waals surface area contributed by atoms with Crippen molar-refractivity contribution in [2.24, 2.45) is 0 Å². The number of hydrogen-bond acceptors (Lipinski definition) is 4. The van der Waals surface area contributed by atoms with Gasteiger partial charge >= 0.3 is 0 Å². The van der Waals surface area contributed by atoms with Gasteiger partial charge in [-0.1, -0.05) is 29.6 Å². The van der Waals surface area contributed by atoms with Gasteiger partial charge in [0.1, 0.15) is 0 Å². The molecule has 0 radical (unpaired) electrons. The first kappa shape index (κ1) is 13.6. The third-order valence-corrected chi connectivity index (χ3v) is 4.65. The van der Waals surface area contributed by atoms with Crippen molar-refractivity contribution < 1.29 is 4.79 Å². The van der Waals surface area contributed by atoms with Crippen LogP contribution in [0.25, 0.3) is 0 Å². The van der Waals surface area contributed by atoms with Crippen molar-refractivity contribution in [3.05, 3.63) is 48.5 Å². The first-order valence-electron chi connectivity index (χ1n) is 5.34. The molecule has 0 unspecified atom stereocenters. The molecular weight excluding hydrogens is 280 g/mol. The second-order valence-corrected chi connectivity index (χ2v) is 6.39. The lowest BCUT2D eigenvalue weighted by Crippen LogP contribution is -1.76. The quantitative estimate of drug-likeness (QED) is 0.579. The van der Waals surface area contributed by atoms with Gasteiger partial charge in [0.15, 0.2) is 5.62 Å². The Morgan fingerprint density at radius 1 is 0.889 bits per heavy atom. The van der Waals surface area contributed by atoms with Crippen molar-refractivity contribution in [1.29, 1.82) is 0 Å². The molecule has 0 aliphatic carbocycles. The van der Waals surface area contributed by atoms with Crippen LogP contribution >= 0.6 is 35.3 Å². The van der Waals surface area contributed by atoms with Gasteiger partial charge < -0.3 is 0 Å². The molecule has 0 aliphatic heterocycles. The lowest BCUT2D eigenvalue weighted by Gasteiger charge is -2.04. The summed E-state index contributed by atoms with van der Waals surface area (Å²) in [5.41, 5.74) is 0.851. The Hall–Kier alpha value is -0.840. The SMILES string of the molecule is CSc1cccc(Sc2ccc(SC=O)cc2)c1. The number of thioether (sulfide) groups is 2. The third kappa shape index (κ3) is 3.83. The summed E-state index contributed by atoms with van der Waals surface area (Å²) >= 11 is 4.68. The van der Waals surface area contributed by atoms with Crippen LogP contribution in [0.1, 0.15) is 0 Å². The van der Waals surface area contributed by atoms with E-state index in [-0.39, 0.29) is 0 Å². The minimum absolute atomic E-state index is 0.851. The van der Waals surface area contributed by atoms with E-state index in [4.69, 9.17) is 0 Å². The van der Waals surface area contributed by atoms with Gasteiger partial charge in [0.05, 0.1) is 0 Å². The summed E-state index contributed by atoms with van der Waals surface area (Å²) in [4.78, 5) is 15.0. The lowest BCUT2D eigenvalue weighted by molar-refractivity contribution is 0.570. The predicted octanol–water partition coefficient (Wildman–Crippen LogP) is 4.84. The summed E-state index contributed by atoms with van der Waals surface area (Å²) < 4.78 is 0. The highest BCUT2D eigenvalue weighted by Gasteiger charge is 1.99. The molecule has 0 spiro atoms. The fourth-order valence-electron chi connectivity index (χ4n) is 1.44. The predicted molar refractivity (Wildman–Crippen MR) is 81.4 cm³/mol. The Morgan fingerprint density at radius 3 is 2.22 bits per heavy atom. The highest BCUT2D eigenvalue weighted by atomic mass is 32.2. The van der Waals surface area contributed by atoms with Crippen LogP contribution in [-0.2, 0) is 4.79 Å². The second-order valence-electron chi connectivity index (χ2n) is 3.47. The van der Waals surface area contributed by atoms with Crippen molar-refractivity contribution in [2.75, 3.05) is 6.26 Å². The number of benzene rings is 2. The molecule has 0 aliphatic rings. The van der Waals surface area contributed by atoms with Crippen LogP contribution in [0.5, 0.6) is 0 Å². The van der Waals surface area contributed by atoms with Gasteiger partial charge in [-0.05, 0) is 48.7 Å². The van der Waals surface area contributed by atoms with Gasteiger partial charge in [0.25, 0.3) is 0 Å². The monoisotopic (exact) mass is 292 g/mol. The van der Waals surface area contributed by atoms with Gasteiger partial charge in [-0.3, -0.25) is 4.79 Å². The van der Waals surface area contributed by atoms with Gasteiger partial charge in [-0.15, -0.1) is 11.8 Å². The normalized spacial score (nSPS) is 10.3. The molecule has 0 saturated heterocycles. The summed E-state index contributed by atoms with van der Waals surface area (Å²) in [6.45, 7) is 0. The Morgan fingerprint density at radius 2 is 1.56 bits per heavy atom. The van der Waals surface area contributed by atoms with Crippen LogP contribution in [0.2, 0.25) is 0 Å². The molecule has 92 valence electrons. The fraction of sp³-hybridized carbons (Fsp3) is 0.0714. The van der Waals surface area contributed by atoms with Crippen LogP contribution in [-0.4, -0.2) is 11.9 Å². The maximum Gasteiger partial charge on any atom is 0.180 e. The molecule has 2 aromatic rings. The van der Waals surface area contributed by atoms with Crippen LogP contribution in [0.4, 0.5) is 0 Å². The van der Waals surface area contributed by atoms with E-state index in [2.05, 4.69) is 30.5 Å². The van der Waals surface area contributed by atoms with E-state index in [9.17, 15) is 4.79 Å². The van der Waals surface area contributed by atoms with E-state index in [1.54, 1.807) is 23.5 Å².